The molecule has 0 saturated carbocycles. The first-order valence-corrected chi connectivity index (χ1v) is 10.1. The summed E-state index contributed by atoms with van der Waals surface area (Å²) in [6, 6.07) is 5.34. The first-order chi connectivity index (χ1) is 13.5. The third-order valence-corrected chi connectivity index (χ3v) is 5.60. The van der Waals surface area contributed by atoms with Gasteiger partial charge in [0.25, 0.3) is 11.9 Å². The van der Waals surface area contributed by atoms with Crippen molar-refractivity contribution < 1.29 is 13.6 Å². The number of hydrogen-bond acceptors (Lipinski definition) is 5. The molecule has 7 heteroatoms. The number of benzene rings is 1. The van der Waals surface area contributed by atoms with Crippen molar-refractivity contribution in [2.24, 2.45) is 5.92 Å². The number of nitrogens with zero attached hydrogens (tertiary/aromatic N) is 3. The van der Waals surface area contributed by atoms with Gasteiger partial charge in [0.15, 0.2) is 5.69 Å². The number of piperidine rings is 1. The topological polar surface area (TPSA) is 61.6 Å². The van der Waals surface area contributed by atoms with Gasteiger partial charge in [0.1, 0.15) is 11.6 Å². The molecule has 0 bridgehead atoms. The summed E-state index contributed by atoms with van der Waals surface area (Å²) in [4.78, 5) is 21.1. The van der Waals surface area contributed by atoms with Gasteiger partial charge in [-0.3, -0.25) is 4.79 Å². The van der Waals surface area contributed by atoms with Gasteiger partial charge in [-0.1, -0.05) is 6.92 Å². The molecule has 1 aromatic carbocycles. The Morgan fingerprint density at radius 3 is 2.68 bits per heavy atom. The number of aromatic nitrogens is 1. The minimum absolute atomic E-state index is 0.245. The van der Waals surface area contributed by atoms with Crippen LogP contribution in [0.1, 0.15) is 48.9 Å². The zero-order valence-corrected chi connectivity index (χ0v) is 16.5. The van der Waals surface area contributed by atoms with E-state index in [9.17, 15) is 9.18 Å². The van der Waals surface area contributed by atoms with Gasteiger partial charge in [-0.25, -0.2) is 4.39 Å². The third kappa shape index (κ3) is 3.84. The zero-order chi connectivity index (χ0) is 19.7. The van der Waals surface area contributed by atoms with Crippen LogP contribution in [0.3, 0.4) is 0 Å². The second-order valence-corrected chi connectivity index (χ2v) is 7.91. The third-order valence-electron chi connectivity index (χ3n) is 5.60. The normalized spacial score (nSPS) is 19.9. The molecule has 2 aromatic rings. The van der Waals surface area contributed by atoms with E-state index in [2.05, 4.69) is 27.0 Å². The van der Waals surface area contributed by atoms with Crippen LogP contribution in [0.25, 0.3) is 0 Å². The lowest BCUT2D eigenvalue weighted by Gasteiger charge is -2.29. The molecule has 150 valence electrons. The highest BCUT2D eigenvalue weighted by Gasteiger charge is 2.26. The maximum atomic E-state index is 14.6. The van der Waals surface area contributed by atoms with Gasteiger partial charge in [0, 0.05) is 31.9 Å². The van der Waals surface area contributed by atoms with Crippen molar-refractivity contribution >= 4 is 23.3 Å². The number of aryl methyl sites for hydroxylation is 1. The second kappa shape index (κ2) is 7.81. The van der Waals surface area contributed by atoms with Crippen LogP contribution in [-0.4, -0.2) is 37.1 Å². The summed E-state index contributed by atoms with van der Waals surface area (Å²) in [5.41, 5.74) is 1.26. The van der Waals surface area contributed by atoms with Crippen LogP contribution in [0.2, 0.25) is 0 Å². The molecule has 4 rings (SSSR count). The van der Waals surface area contributed by atoms with Crippen molar-refractivity contribution in [1.82, 2.24) is 4.98 Å². The number of amides is 1. The summed E-state index contributed by atoms with van der Waals surface area (Å²) >= 11 is 0. The standard InChI is InChI=1S/C21H27FN4O2/c1-14-8-11-26(13-14)21-24-19(15(2)28-21)20(27)23-16-6-7-18(17(22)12-16)25-9-4-3-5-10-25/h6-7,12,14H,3-5,8-11,13H2,1-2H3,(H,23,27). The Balaban J connectivity index is 1.46. The van der Waals surface area contributed by atoms with Crippen LogP contribution < -0.4 is 15.1 Å². The summed E-state index contributed by atoms with van der Waals surface area (Å²) in [6.45, 7) is 7.42. The molecule has 6 nitrogen and oxygen atoms in total. The van der Waals surface area contributed by atoms with E-state index in [-0.39, 0.29) is 17.4 Å². The molecule has 28 heavy (non-hydrogen) atoms. The van der Waals surface area contributed by atoms with Crippen LogP contribution in [0.5, 0.6) is 0 Å². The summed E-state index contributed by atoms with van der Waals surface area (Å²) in [7, 11) is 0. The maximum absolute atomic E-state index is 14.6. The van der Waals surface area contributed by atoms with Gasteiger partial charge in [-0.15, -0.1) is 0 Å². The van der Waals surface area contributed by atoms with Crippen LogP contribution >= 0.6 is 0 Å². The molecule has 2 aliphatic rings. The van der Waals surface area contributed by atoms with Crippen molar-refractivity contribution in [3.63, 3.8) is 0 Å². The summed E-state index contributed by atoms with van der Waals surface area (Å²) in [6.07, 6.45) is 4.45. The molecule has 1 amide bonds. The summed E-state index contributed by atoms with van der Waals surface area (Å²) in [5.74, 6) is 0.358. The van der Waals surface area contributed by atoms with Crippen molar-refractivity contribution in [2.45, 2.75) is 39.5 Å². The average molecular weight is 386 g/mol. The highest BCUT2D eigenvalue weighted by atomic mass is 19.1. The van der Waals surface area contributed by atoms with E-state index in [0.29, 0.717) is 29.1 Å². The lowest BCUT2D eigenvalue weighted by Crippen LogP contribution is -2.30. The molecule has 3 heterocycles. The number of nitrogens with one attached hydrogen (secondary N) is 1. The Morgan fingerprint density at radius 1 is 1.21 bits per heavy atom. The Hall–Kier alpha value is -2.57. The van der Waals surface area contributed by atoms with Gasteiger partial charge in [-0.2, -0.15) is 4.98 Å². The fourth-order valence-electron chi connectivity index (χ4n) is 4.00. The smallest absolute Gasteiger partial charge is 0.298 e. The fourth-order valence-corrected chi connectivity index (χ4v) is 4.00. The van der Waals surface area contributed by atoms with Crippen LogP contribution in [0.15, 0.2) is 22.6 Å². The van der Waals surface area contributed by atoms with E-state index in [4.69, 9.17) is 4.42 Å². The van der Waals surface area contributed by atoms with E-state index >= 15 is 0 Å². The Labute approximate surface area is 164 Å². The number of anilines is 3. The molecule has 0 aliphatic carbocycles. The molecule has 1 N–H and O–H groups in total. The first-order valence-electron chi connectivity index (χ1n) is 10.1. The summed E-state index contributed by atoms with van der Waals surface area (Å²) < 4.78 is 20.3. The first kappa shape index (κ1) is 18.8. The lowest BCUT2D eigenvalue weighted by atomic mass is 10.1. The molecule has 0 radical (unpaired) electrons. The minimum Gasteiger partial charge on any atom is -0.428 e. The molecular weight excluding hydrogens is 359 g/mol. The van der Waals surface area contributed by atoms with Gasteiger partial charge >= 0.3 is 0 Å². The van der Waals surface area contributed by atoms with Gasteiger partial charge < -0.3 is 19.5 Å². The van der Waals surface area contributed by atoms with Gasteiger partial charge in [-0.05, 0) is 56.7 Å². The van der Waals surface area contributed by atoms with Crippen molar-refractivity contribution in [2.75, 3.05) is 41.3 Å². The number of rotatable bonds is 4. The van der Waals surface area contributed by atoms with E-state index in [1.807, 2.05) is 0 Å². The Kier molecular flexibility index (Phi) is 5.24. The van der Waals surface area contributed by atoms with Crippen LogP contribution in [-0.2, 0) is 0 Å². The molecule has 1 atom stereocenters. The number of halogens is 1. The molecular formula is C21H27FN4O2. The monoisotopic (exact) mass is 386 g/mol. The maximum Gasteiger partial charge on any atom is 0.298 e. The zero-order valence-electron chi connectivity index (χ0n) is 16.5. The predicted molar refractivity (Wildman–Crippen MR) is 108 cm³/mol. The number of carbonyl (C=O) groups is 1. The minimum atomic E-state index is -0.384. The largest absolute Gasteiger partial charge is 0.428 e. The average Bonchev–Trinajstić information content (AvgIpc) is 3.28. The quantitative estimate of drug-likeness (QED) is 0.853. The van der Waals surface area contributed by atoms with Gasteiger partial charge in [0.2, 0.25) is 0 Å². The molecule has 2 fully saturated rings. The highest BCUT2D eigenvalue weighted by molar-refractivity contribution is 6.03. The van der Waals surface area contributed by atoms with Crippen molar-refractivity contribution in [1.29, 1.82) is 0 Å². The van der Waals surface area contributed by atoms with E-state index in [0.717, 1.165) is 45.4 Å². The predicted octanol–water partition coefficient (Wildman–Crippen LogP) is 4.21. The van der Waals surface area contributed by atoms with Gasteiger partial charge in [0.05, 0.1) is 5.69 Å². The second-order valence-electron chi connectivity index (χ2n) is 7.91. The number of oxazole rings is 1. The molecule has 1 aromatic heterocycles. The van der Waals surface area contributed by atoms with E-state index < -0.39 is 0 Å². The van der Waals surface area contributed by atoms with Crippen molar-refractivity contribution in [3.8, 4) is 0 Å². The molecule has 1 unspecified atom stereocenters. The molecule has 2 saturated heterocycles. The number of carbonyl (C=O) groups excluding carboxylic acids is 1. The van der Waals surface area contributed by atoms with Crippen LogP contribution in [0, 0.1) is 18.7 Å². The van der Waals surface area contributed by atoms with E-state index in [1.54, 1.807) is 19.1 Å². The van der Waals surface area contributed by atoms with Crippen molar-refractivity contribution in [3.05, 3.63) is 35.5 Å². The van der Waals surface area contributed by atoms with E-state index in [1.165, 1.54) is 12.5 Å². The fraction of sp³-hybridized carbons (Fsp3) is 0.524. The Morgan fingerprint density at radius 2 is 2.00 bits per heavy atom. The lowest BCUT2D eigenvalue weighted by molar-refractivity contribution is 0.102. The summed E-state index contributed by atoms with van der Waals surface area (Å²) in [5, 5.41) is 2.74. The Bertz CT molecular complexity index is 860. The molecule has 0 spiro atoms. The number of hydrogen-bond donors (Lipinski definition) is 1. The SMILES string of the molecule is Cc1oc(N2CCC(C)C2)nc1C(=O)Nc1ccc(N2CCCCC2)c(F)c1. The molecule has 2 aliphatic heterocycles. The van der Waals surface area contributed by atoms with Crippen LogP contribution in [0.4, 0.5) is 21.8 Å². The highest BCUT2D eigenvalue weighted by Crippen LogP contribution is 2.27.